The summed E-state index contributed by atoms with van der Waals surface area (Å²) < 4.78 is 9.60. The van der Waals surface area contributed by atoms with Crippen molar-refractivity contribution in [2.75, 3.05) is 0 Å². The molecule has 1 aromatic heterocycles. The highest BCUT2D eigenvalue weighted by molar-refractivity contribution is 6.88. The molecule has 0 saturated carbocycles. The van der Waals surface area contributed by atoms with Crippen LogP contribution in [0.3, 0.4) is 0 Å². The normalized spacial score (nSPS) is 21.3. The van der Waals surface area contributed by atoms with Crippen molar-refractivity contribution in [2.24, 2.45) is 0 Å². The van der Waals surface area contributed by atoms with Gasteiger partial charge in [0.2, 0.25) is 0 Å². The van der Waals surface area contributed by atoms with E-state index in [1.54, 1.807) is 5.56 Å². The Morgan fingerprint density at radius 2 is 1.48 bits per heavy atom. The molecule has 0 radical (unpaired) electrons. The Morgan fingerprint density at radius 3 is 2.43 bits per heavy atom. The number of fused-ring (bicyclic) bond motifs is 15. The monoisotopic (exact) mass is 587 g/mol. The highest BCUT2D eigenvalue weighted by Crippen LogP contribution is 2.57. The second-order valence-electron chi connectivity index (χ2n) is 14.7. The van der Waals surface area contributed by atoms with Crippen LogP contribution >= 0.6 is 0 Å². The maximum atomic E-state index is 6.80. The van der Waals surface area contributed by atoms with Gasteiger partial charge in [0.15, 0.2) is 0 Å². The molecule has 46 heavy (non-hydrogen) atoms. The molecule has 5 aliphatic rings. The molecule has 0 bridgehead atoms. The molecule has 0 N–H and O–H groups in total. The minimum atomic E-state index is -0.119. The van der Waals surface area contributed by atoms with Crippen LogP contribution in [0.25, 0.3) is 43.9 Å². The molecule has 2 aliphatic carbocycles. The van der Waals surface area contributed by atoms with E-state index in [1.807, 2.05) is 0 Å². The van der Waals surface area contributed by atoms with Crippen molar-refractivity contribution in [2.45, 2.75) is 43.6 Å². The molecule has 7 aromatic rings. The van der Waals surface area contributed by atoms with Gasteiger partial charge in [-0.05, 0) is 73.6 Å². The minimum absolute atomic E-state index is 0.115. The van der Waals surface area contributed by atoms with Gasteiger partial charge in [0, 0.05) is 50.5 Å². The molecule has 3 unspecified atom stereocenters. The summed E-state index contributed by atoms with van der Waals surface area (Å²) in [5.74, 6) is 1.61. The van der Waals surface area contributed by atoms with E-state index >= 15 is 0 Å². The summed E-state index contributed by atoms with van der Waals surface area (Å²) in [5.41, 5.74) is 18.7. The van der Waals surface area contributed by atoms with Crippen LogP contribution in [0.2, 0.25) is 0 Å². The third-order valence-electron chi connectivity index (χ3n) is 12.3. The molecular formula is C43H30BNO. The molecule has 4 heterocycles. The molecule has 0 amide bonds. The predicted octanol–water partition coefficient (Wildman–Crippen LogP) is 8.48. The van der Waals surface area contributed by atoms with Gasteiger partial charge in [-0.2, -0.15) is 0 Å². The van der Waals surface area contributed by atoms with Gasteiger partial charge in [-0.15, -0.1) is 0 Å². The first-order valence-electron chi connectivity index (χ1n) is 16.8. The average Bonchev–Trinajstić information content (AvgIpc) is 3.71. The number of nitrogens with zero attached hydrogens (tertiary/aromatic N) is 1. The van der Waals surface area contributed by atoms with Crippen LogP contribution in [0.1, 0.15) is 65.6 Å². The molecule has 0 fully saturated rings. The predicted molar refractivity (Wildman–Crippen MR) is 188 cm³/mol. The van der Waals surface area contributed by atoms with Crippen molar-refractivity contribution >= 4 is 39.4 Å². The molecule has 12 rings (SSSR count). The van der Waals surface area contributed by atoms with Crippen LogP contribution in [-0.2, 0) is 5.41 Å². The van der Waals surface area contributed by atoms with E-state index in [-0.39, 0.29) is 30.2 Å². The van der Waals surface area contributed by atoms with Gasteiger partial charge in [0.25, 0.3) is 0 Å². The Morgan fingerprint density at radius 1 is 0.717 bits per heavy atom. The smallest absolute Gasteiger partial charge is 0.329 e. The van der Waals surface area contributed by atoms with Crippen molar-refractivity contribution in [1.82, 2.24) is 4.48 Å². The summed E-state index contributed by atoms with van der Waals surface area (Å²) in [4.78, 5) is 0. The van der Waals surface area contributed by atoms with Crippen LogP contribution in [0.15, 0.2) is 115 Å². The molecule has 0 saturated heterocycles. The molecular weight excluding hydrogens is 557 g/mol. The topological polar surface area (TPSA) is 14.2 Å². The van der Waals surface area contributed by atoms with Crippen molar-refractivity contribution in [3.05, 3.63) is 149 Å². The summed E-state index contributed by atoms with van der Waals surface area (Å²) in [7, 11) is 0. The maximum Gasteiger partial charge on any atom is 0.329 e. The number of para-hydroxylation sites is 2. The third kappa shape index (κ3) is 2.57. The number of aromatic nitrogens is 1. The maximum absolute atomic E-state index is 6.80. The Hall–Kier alpha value is -5.02. The lowest BCUT2D eigenvalue weighted by molar-refractivity contribution is 0.191. The fourth-order valence-corrected chi connectivity index (χ4v) is 10.8. The molecule has 2 nitrogen and oxygen atoms in total. The van der Waals surface area contributed by atoms with E-state index in [2.05, 4.69) is 134 Å². The molecule has 216 valence electrons. The fourth-order valence-electron chi connectivity index (χ4n) is 10.8. The van der Waals surface area contributed by atoms with E-state index in [4.69, 9.17) is 4.74 Å². The standard InChI is InChI=1S/C43H30BNO/c1-43(2)32-18-7-5-13-26(32)39-29-17-9-15-25-30-21-23-11-3-4-12-24(23)38-31-22-35-37(27-14-6-8-20-34(27)46-35)28-16-10-19-33(36(28)31)44(40(30)38)45(41(25)29)42(39)43/h3-21,31,35,37H,22H2,1-2H3. The van der Waals surface area contributed by atoms with Gasteiger partial charge < -0.3 is 9.21 Å². The van der Waals surface area contributed by atoms with Crippen molar-refractivity contribution in [3.63, 3.8) is 0 Å². The van der Waals surface area contributed by atoms with Crippen LogP contribution in [0.4, 0.5) is 0 Å². The van der Waals surface area contributed by atoms with Crippen LogP contribution in [0, 0.1) is 0 Å². The van der Waals surface area contributed by atoms with Crippen LogP contribution in [0.5, 0.6) is 5.75 Å². The SMILES string of the molecule is CC1(C)c2ccccc2-c2c1n1c3c(cccc23)-c2cc3ccccc3c3c2B1c1cccc2c1C3CC1Oc3ccccc3C21. The first-order chi connectivity index (χ1) is 22.6. The minimum Gasteiger partial charge on any atom is -0.489 e. The zero-order valence-electron chi connectivity index (χ0n) is 25.8. The highest BCUT2D eigenvalue weighted by Gasteiger charge is 2.52. The van der Waals surface area contributed by atoms with Gasteiger partial charge in [0.1, 0.15) is 11.9 Å². The summed E-state index contributed by atoms with van der Waals surface area (Å²) in [6.45, 7) is 5.00. The molecule has 6 aromatic carbocycles. The molecule has 0 spiro atoms. The average molecular weight is 588 g/mol. The second kappa shape index (κ2) is 7.85. The van der Waals surface area contributed by atoms with Gasteiger partial charge in [-0.25, -0.2) is 0 Å². The van der Waals surface area contributed by atoms with Gasteiger partial charge >= 0.3 is 6.85 Å². The Bertz CT molecular complexity index is 2550. The lowest BCUT2D eigenvalue weighted by Crippen LogP contribution is -2.59. The van der Waals surface area contributed by atoms with Crippen molar-refractivity contribution in [1.29, 1.82) is 0 Å². The van der Waals surface area contributed by atoms with Gasteiger partial charge in [-0.3, -0.25) is 0 Å². The lowest BCUT2D eigenvalue weighted by Gasteiger charge is -2.44. The summed E-state index contributed by atoms with van der Waals surface area (Å²) in [5, 5.41) is 4.12. The second-order valence-corrected chi connectivity index (χ2v) is 14.7. The Balaban J connectivity index is 1.27. The van der Waals surface area contributed by atoms with Crippen LogP contribution in [-0.4, -0.2) is 17.4 Å². The van der Waals surface area contributed by atoms with Crippen molar-refractivity contribution < 1.29 is 4.74 Å². The number of ether oxygens (including phenoxy) is 1. The summed E-state index contributed by atoms with van der Waals surface area (Å²) in [6.07, 6.45) is 1.14. The number of benzene rings is 6. The van der Waals surface area contributed by atoms with E-state index in [9.17, 15) is 0 Å². The zero-order valence-corrected chi connectivity index (χ0v) is 25.8. The lowest BCUT2D eigenvalue weighted by atomic mass is 9.39. The summed E-state index contributed by atoms with van der Waals surface area (Å²) >= 11 is 0. The molecule has 3 heteroatoms. The highest BCUT2D eigenvalue weighted by atomic mass is 16.5. The zero-order chi connectivity index (χ0) is 30.1. The van der Waals surface area contributed by atoms with E-state index in [0.717, 1.165) is 12.2 Å². The Kier molecular flexibility index (Phi) is 4.14. The third-order valence-corrected chi connectivity index (χ3v) is 12.3. The van der Waals surface area contributed by atoms with E-state index in [0.29, 0.717) is 0 Å². The van der Waals surface area contributed by atoms with Gasteiger partial charge in [0.05, 0.1) is 0 Å². The largest absolute Gasteiger partial charge is 0.489 e. The quantitative estimate of drug-likeness (QED) is 0.162. The van der Waals surface area contributed by atoms with Crippen molar-refractivity contribution in [3.8, 4) is 28.0 Å². The van der Waals surface area contributed by atoms with Crippen LogP contribution < -0.4 is 15.7 Å². The first kappa shape index (κ1) is 24.2. The Labute approximate surface area is 268 Å². The summed E-state index contributed by atoms with van der Waals surface area (Å²) in [6, 6.07) is 43.8. The molecule has 3 atom stereocenters. The first-order valence-corrected chi connectivity index (χ1v) is 16.8. The molecule has 3 aliphatic heterocycles. The number of hydrogen-bond acceptors (Lipinski definition) is 1. The van der Waals surface area contributed by atoms with E-state index in [1.165, 1.54) is 82.8 Å². The number of hydrogen-bond donors (Lipinski definition) is 0. The van der Waals surface area contributed by atoms with E-state index < -0.39 is 0 Å². The fraction of sp³-hybridized carbons (Fsp3) is 0.163. The van der Waals surface area contributed by atoms with Gasteiger partial charge in [-0.1, -0.05) is 117 Å². The number of rotatable bonds is 0.